The summed E-state index contributed by atoms with van der Waals surface area (Å²) in [5.74, 6) is -0.0148. The number of nitrogens with zero attached hydrogens (tertiary/aromatic N) is 1. The molecule has 1 rings (SSSR count). The van der Waals surface area contributed by atoms with Crippen molar-refractivity contribution in [2.45, 2.75) is 46.7 Å². The third-order valence-corrected chi connectivity index (χ3v) is 3.52. The first-order valence-electron chi connectivity index (χ1n) is 7.84. The molecule has 0 saturated carbocycles. The van der Waals surface area contributed by atoms with Gasteiger partial charge in [0.1, 0.15) is 0 Å². The number of amides is 1. The lowest BCUT2D eigenvalue weighted by molar-refractivity contribution is 0.0940. The van der Waals surface area contributed by atoms with E-state index in [-0.39, 0.29) is 5.91 Å². The van der Waals surface area contributed by atoms with Crippen molar-refractivity contribution in [3.05, 3.63) is 29.8 Å². The zero-order chi connectivity index (χ0) is 15.8. The first kappa shape index (κ1) is 17.5. The Hall–Kier alpha value is -1.55. The van der Waals surface area contributed by atoms with Crippen LogP contribution < -0.4 is 10.6 Å². The van der Waals surface area contributed by atoms with E-state index in [9.17, 15) is 4.79 Å². The standard InChI is InChI=1S/C17H29N3O/c1-6-18-16-10-8-7-9-15(16)17(21)19-11-12-20(13(2)3)14(4)5/h7-10,13-14,18H,6,11-12H2,1-5H3,(H,19,21). The highest BCUT2D eigenvalue weighted by Crippen LogP contribution is 2.14. The van der Waals surface area contributed by atoms with E-state index in [4.69, 9.17) is 0 Å². The lowest BCUT2D eigenvalue weighted by atomic mass is 10.1. The molecule has 0 aliphatic heterocycles. The topological polar surface area (TPSA) is 44.4 Å². The Morgan fingerprint density at radius 3 is 2.33 bits per heavy atom. The summed E-state index contributed by atoms with van der Waals surface area (Å²) < 4.78 is 0. The van der Waals surface area contributed by atoms with E-state index in [1.165, 1.54) is 0 Å². The number of carbonyl (C=O) groups excluding carboxylic acids is 1. The van der Waals surface area contributed by atoms with Gasteiger partial charge in [-0.3, -0.25) is 9.69 Å². The highest BCUT2D eigenvalue weighted by Gasteiger charge is 2.14. The Labute approximate surface area is 128 Å². The zero-order valence-corrected chi connectivity index (χ0v) is 13.9. The van der Waals surface area contributed by atoms with Crippen LogP contribution in [0.2, 0.25) is 0 Å². The van der Waals surface area contributed by atoms with Crippen LogP contribution in [-0.2, 0) is 0 Å². The van der Waals surface area contributed by atoms with Gasteiger partial charge in [-0.05, 0) is 46.8 Å². The maximum atomic E-state index is 12.3. The summed E-state index contributed by atoms with van der Waals surface area (Å²) >= 11 is 0. The maximum Gasteiger partial charge on any atom is 0.253 e. The minimum absolute atomic E-state index is 0.0148. The van der Waals surface area contributed by atoms with E-state index in [1.807, 2.05) is 31.2 Å². The van der Waals surface area contributed by atoms with Crippen LogP contribution in [-0.4, -0.2) is 42.5 Å². The SMILES string of the molecule is CCNc1ccccc1C(=O)NCCN(C(C)C)C(C)C. The normalized spacial score (nSPS) is 11.2. The molecule has 1 aromatic rings. The number of rotatable bonds is 8. The summed E-state index contributed by atoms with van der Waals surface area (Å²) in [4.78, 5) is 14.7. The lowest BCUT2D eigenvalue weighted by Crippen LogP contribution is -2.42. The average Bonchev–Trinajstić information content (AvgIpc) is 2.43. The van der Waals surface area contributed by atoms with Crippen LogP contribution in [0.1, 0.15) is 45.0 Å². The van der Waals surface area contributed by atoms with Gasteiger partial charge < -0.3 is 10.6 Å². The predicted octanol–water partition coefficient (Wildman–Crippen LogP) is 2.97. The van der Waals surface area contributed by atoms with Gasteiger partial charge in [-0.1, -0.05) is 12.1 Å². The maximum absolute atomic E-state index is 12.3. The van der Waals surface area contributed by atoms with Crippen LogP contribution in [0.25, 0.3) is 0 Å². The fourth-order valence-corrected chi connectivity index (χ4v) is 2.53. The van der Waals surface area contributed by atoms with Crippen molar-refractivity contribution < 1.29 is 4.79 Å². The molecule has 0 saturated heterocycles. The molecule has 0 unspecified atom stereocenters. The molecule has 0 fully saturated rings. The van der Waals surface area contributed by atoms with Gasteiger partial charge in [0, 0.05) is 37.4 Å². The molecule has 0 radical (unpaired) electrons. The van der Waals surface area contributed by atoms with E-state index in [0.29, 0.717) is 24.2 Å². The summed E-state index contributed by atoms with van der Waals surface area (Å²) in [6, 6.07) is 8.59. The molecule has 1 aromatic carbocycles. The molecular weight excluding hydrogens is 262 g/mol. The quantitative estimate of drug-likeness (QED) is 0.774. The van der Waals surface area contributed by atoms with Gasteiger partial charge in [0.05, 0.1) is 5.56 Å². The Morgan fingerprint density at radius 2 is 1.76 bits per heavy atom. The molecule has 1 amide bonds. The zero-order valence-electron chi connectivity index (χ0n) is 13.9. The van der Waals surface area contributed by atoms with E-state index in [0.717, 1.165) is 18.8 Å². The van der Waals surface area contributed by atoms with Crippen molar-refractivity contribution >= 4 is 11.6 Å². The number of benzene rings is 1. The van der Waals surface area contributed by atoms with Gasteiger partial charge in [-0.15, -0.1) is 0 Å². The summed E-state index contributed by atoms with van der Waals surface area (Å²) in [5.41, 5.74) is 1.60. The third kappa shape index (κ3) is 5.38. The van der Waals surface area contributed by atoms with E-state index in [2.05, 4.69) is 43.2 Å². The summed E-state index contributed by atoms with van der Waals surface area (Å²) in [6.45, 7) is 13.1. The molecule has 21 heavy (non-hydrogen) atoms. The second kappa shape index (κ2) is 8.67. The largest absolute Gasteiger partial charge is 0.385 e. The fraction of sp³-hybridized carbons (Fsp3) is 0.588. The van der Waals surface area contributed by atoms with E-state index < -0.39 is 0 Å². The molecule has 4 nitrogen and oxygen atoms in total. The molecular formula is C17H29N3O. The van der Waals surface area contributed by atoms with E-state index in [1.54, 1.807) is 0 Å². The molecule has 4 heteroatoms. The monoisotopic (exact) mass is 291 g/mol. The third-order valence-electron chi connectivity index (χ3n) is 3.52. The van der Waals surface area contributed by atoms with Crippen LogP contribution in [0.5, 0.6) is 0 Å². The Morgan fingerprint density at radius 1 is 1.14 bits per heavy atom. The Bertz CT molecular complexity index is 435. The second-order valence-corrected chi connectivity index (χ2v) is 5.76. The number of nitrogens with one attached hydrogen (secondary N) is 2. The van der Waals surface area contributed by atoms with Gasteiger partial charge in [0.25, 0.3) is 5.91 Å². The number of carbonyl (C=O) groups is 1. The summed E-state index contributed by atoms with van der Waals surface area (Å²) in [5, 5.41) is 6.24. The van der Waals surface area contributed by atoms with Crippen LogP contribution in [0.4, 0.5) is 5.69 Å². The van der Waals surface area contributed by atoms with Crippen LogP contribution in [0.3, 0.4) is 0 Å². The van der Waals surface area contributed by atoms with Crippen molar-refractivity contribution in [2.24, 2.45) is 0 Å². The minimum Gasteiger partial charge on any atom is -0.385 e. The highest BCUT2D eigenvalue weighted by molar-refractivity contribution is 5.99. The van der Waals surface area contributed by atoms with Crippen LogP contribution in [0.15, 0.2) is 24.3 Å². The predicted molar refractivity (Wildman–Crippen MR) is 89.9 cm³/mol. The average molecular weight is 291 g/mol. The van der Waals surface area contributed by atoms with Crippen LogP contribution in [0, 0.1) is 0 Å². The van der Waals surface area contributed by atoms with Crippen molar-refractivity contribution in [3.8, 4) is 0 Å². The number of hydrogen-bond donors (Lipinski definition) is 2. The minimum atomic E-state index is -0.0148. The molecule has 0 bridgehead atoms. The summed E-state index contributed by atoms with van der Waals surface area (Å²) in [6.07, 6.45) is 0. The molecule has 0 aliphatic rings. The van der Waals surface area contributed by atoms with E-state index >= 15 is 0 Å². The molecule has 0 spiro atoms. The first-order chi connectivity index (χ1) is 9.97. The molecule has 118 valence electrons. The van der Waals surface area contributed by atoms with Crippen molar-refractivity contribution in [1.82, 2.24) is 10.2 Å². The first-order valence-corrected chi connectivity index (χ1v) is 7.84. The Balaban J connectivity index is 2.58. The van der Waals surface area contributed by atoms with Gasteiger partial charge in [0.15, 0.2) is 0 Å². The van der Waals surface area contributed by atoms with Gasteiger partial charge in [0.2, 0.25) is 0 Å². The molecule has 0 atom stereocenters. The smallest absolute Gasteiger partial charge is 0.253 e. The molecule has 0 aromatic heterocycles. The molecule has 0 heterocycles. The lowest BCUT2D eigenvalue weighted by Gasteiger charge is -2.30. The van der Waals surface area contributed by atoms with Crippen molar-refractivity contribution in [3.63, 3.8) is 0 Å². The van der Waals surface area contributed by atoms with Crippen molar-refractivity contribution in [2.75, 3.05) is 25.0 Å². The highest BCUT2D eigenvalue weighted by atomic mass is 16.1. The van der Waals surface area contributed by atoms with Gasteiger partial charge >= 0.3 is 0 Å². The second-order valence-electron chi connectivity index (χ2n) is 5.76. The summed E-state index contributed by atoms with van der Waals surface area (Å²) in [7, 11) is 0. The number of para-hydroxylation sites is 1. The van der Waals surface area contributed by atoms with Crippen molar-refractivity contribution in [1.29, 1.82) is 0 Å². The number of hydrogen-bond acceptors (Lipinski definition) is 3. The van der Waals surface area contributed by atoms with Gasteiger partial charge in [-0.25, -0.2) is 0 Å². The van der Waals surface area contributed by atoms with Crippen LogP contribution >= 0.6 is 0 Å². The van der Waals surface area contributed by atoms with Gasteiger partial charge in [-0.2, -0.15) is 0 Å². The number of anilines is 1. The fourth-order valence-electron chi connectivity index (χ4n) is 2.53. The molecule has 0 aliphatic carbocycles. The molecule has 2 N–H and O–H groups in total. The Kier molecular flexibility index (Phi) is 7.23.